The molecule has 0 spiro atoms. The van der Waals surface area contributed by atoms with Crippen LogP contribution < -0.4 is 0 Å². The summed E-state index contributed by atoms with van der Waals surface area (Å²) in [6, 6.07) is 0. The van der Waals surface area contributed by atoms with Crippen molar-refractivity contribution in [2.75, 3.05) is 11.6 Å². The van der Waals surface area contributed by atoms with E-state index < -0.39 is 0 Å². The van der Waals surface area contributed by atoms with Crippen LogP contribution in [0.1, 0.15) is 13.3 Å². The van der Waals surface area contributed by atoms with Crippen LogP contribution in [0.2, 0.25) is 0 Å². The quantitative estimate of drug-likeness (QED) is 0.606. The average Bonchev–Trinajstić information content (AvgIpc) is 1.68. The molecule has 0 aromatic carbocycles. The molecule has 1 unspecified atom stereocenters. The third-order valence-electron chi connectivity index (χ3n) is 0.918. The molecule has 0 N–H and O–H groups in total. The molecule has 0 amide bonds. The predicted octanol–water partition coefficient (Wildman–Crippen LogP) is 2.52. The Bertz CT molecular complexity index is 39.1. The smallest absolute Gasteiger partial charge is 0.00417 e. The number of thioether (sulfide) groups is 1. The Morgan fingerprint density at radius 3 is 2.43 bits per heavy atom. The van der Waals surface area contributed by atoms with Gasteiger partial charge in [-0.05, 0) is 12.7 Å². The summed E-state index contributed by atoms with van der Waals surface area (Å²) >= 11 is 5.30. The molecule has 0 aromatic heterocycles. The van der Waals surface area contributed by atoms with Crippen molar-refractivity contribution in [2.45, 2.75) is 18.6 Å². The first-order valence-electron chi connectivity index (χ1n) is 2.40. The van der Waals surface area contributed by atoms with Crippen LogP contribution in [-0.2, 0) is 0 Å². The number of halogens is 1. The van der Waals surface area contributed by atoms with E-state index in [1.807, 2.05) is 11.8 Å². The summed E-state index contributed by atoms with van der Waals surface area (Å²) in [4.78, 5) is 0. The Labute approximate surface area is 58.2 Å². The normalized spacial score (nSPS) is 14.1. The number of hydrogen-bond acceptors (Lipinski definition) is 1. The molecule has 0 rings (SSSR count). The molecule has 0 saturated heterocycles. The maximum absolute atomic E-state index is 3.38. The van der Waals surface area contributed by atoms with Gasteiger partial charge in [-0.3, -0.25) is 0 Å². The molecular formula is C5H11BrS. The first-order chi connectivity index (χ1) is 3.31. The molecule has 0 saturated carbocycles. The highest BCUT2D eigenvalue weighted by Gasteiger charge is 1.93. The van der Waals surface area contributed by atoms with Crippen LogP contribution in [0.4, 0.5) is 0 Å². The molecule has 0 nitrogen and oxygen atoms in total. The van der Waals surface area contributed by atoms with Crippen LogP contribution in [0.15, 0.2) is 0 Å². The third-order valence-corrected chi connectivity index (χ3v) is 2.42. The highest BCUT2D eigenvalue weighted by atomic mass is 79.9. The van der Waals surface area contributed by atoms with Crippen LogP contribution in [0.25, 0.3) is 0 Å². The molecule has 0 bridgehead atoms. The average molecular weight is 183 g/mol. The van der Waals surface area contributed by atoms with E-state index in [4.69, 9.17) is 0 Å². The highest BCUT2D eigenvalue weighted by Crippen LogP contribution is 2.09. The standard InChI is InChI=1S/C5H11BrS/c1-5(7-2)3-4-6/h5H,3-4H2,1-2H3. The minimum atomic E-state index is 0.819. The Hall–Kier alpha value is 0.830. The van der Waals surface area contributed by atoms with Crippen molar-refractivity contribution in [3.8, 4) is 0 Å². The third kappa shape index (κ3) is 4.69. The molecule has 0 aliphatic rings. The molecule has 1 atom stereocenters. The Morgan fingerprint density at radius 2 is 2.29 bits per heavy atom. The SMILES string of the molecule is CSC(C)CCBr. The van der Waals surface area contributed by atoms with Crippen LogP contribution in [0.5, 0.6) is 0 Å². The monoisotopic (exact) mass is 182 g/mol. The van der Waals surface area contributed by atoms with Crippen LogP contribution in [0.3, 0.4) is 0 Å². The fraction of sp³-hybridized carbons (Fsp3) is 1.00. The summed E-state index contributed by atoms with van der Waals surface area (Å²) in [6.45, 7) is 2.24. The van der Waals surface area contributed by atoms with E-state index >= 15 is 0 Å². The lowest BCUT2D eigenvalue weighted by Crippen LogP contribution is -1.93. The molecule has 7 heavy (non-hydrogen) atoms. The van der Waals surface area contributed by atoms with Gasteiger partial charge < -0.3 is 0 Å². The van der Waals surface area contributed by atoms with Gasteiger partial charge in [-0.25, -0.2) is 0 Å². The van der Waals surface area contributed by atoms with Gasteiger partial charge in [0.1, 0.15) is 0 Å². The molecule has 2 heteroatoms. The maximum atomic E-state index is 3.38. The van der Waals surface area contributed by atoms with Gasteiger partial charge in [0.2, 0.25) is 0 Å². The lowest BCUT2D eigenvalue weighted by molar-refractivity contribution is 0.926. The zero-order chi connectivity index (χ0) is 5.70. The van der Waals surface area contributed by atoms with Crippen molar-refractivity contribution < 1.29 is 0 Å². The predicted molar refractivity (Wildman–Crippen MR) is 41.4 cm³/mol. The topological polar surface area (TPSA) is 0 Å². The molecular weight excluding hydrogens is 172 g/mol. The molecule has 0 radical (unpaired) electrons. The van der Waals surface area contributed by atoms with E-state index in [0.29, 0.717) is 0 Å². The van der Waals surface area contributed by atoms with Gasteiger partial charge in [-0.2, -0.15) is 11.8 Å². The van der Waals surface area contributed by atoms with Gasteiger partial charge in [0, 0.05) is 10.6 Å². The van der Waals surface area contributed by atoms with E-state index in [0.717, 1.165) is 10.6 Å². The number of alkyl halides is 1. The lowest BCUT2D eigenvalue weighted by Gasteiger charge is -2.01. The van der Waals surface area contributed by atoms with E-state index in [-0.39, 0.29) is 0 Å². The highest BCUT2D eigenvalue weighted by molar-refractivity contribution is 9.09. The summed E-state index contributed by atoms with van der Waals surface area (Å²) < 4.78 is 0. The van der Waals surface area contributed by atoms with Gasteiger partial charge in [0.05, 0.1) is 0 Å². The van der Waals surface area contributed by atoms with Crippen molar-refractivity contribution in [2.24, 2.45) is 0 Å². The second kappa shape index (κ2) is 4.98. The van der Waals surface area contributed by atoms with Crippen LogP contribution in [0, 0.1) is 0 Å². The molecule has 0 aromatic rings. The Kier molecular flexibility index (Phi) is 5.57. The van der Waals surface area contributed by atoms with Gasteiger partial charge in [0.15, 0.2) is 0 Å². The molecule has 0 aliphatic carbocycles. The van der Waals surface area contributed by atoms with Gasteiger partial charge in [0.25, 0.3) is 0 Å². The summed E-state index contributed by atoms with van der Waals surface area (Å²) in [5, 5.41) is 1.95. The van der Waals surface area contributed by atoms with Crippen molar-refractivity contribution >= 4 is 27.7 Å². The molecule has 0 heterocycles. The van der Waals surface area contributed by atoms with Crippen molar-refractivity contribution in [1.82, 2.24) is 0 Å². The second-order valence-electron chi connectivity index (χ2n) is 1.52. The fourth-order valence-corrected chi connectivity index (χ4v) is 1.61. The molecule has 44 valence electrons. The summed E-state index contributed by atoms with van der Waals surface area (Å²) in [5.41, 5.74) is 0. The first-order valence-corrected chi connectivity index (χ1v) is 4.81. The lowest BCUT2D eigenvalue weighted by atomic mass is 10.4. The van der Waals surface area contributed by atoms with Gasteiger partial charge >= 0.3 is 0 Å². The van der Waals surface area contributed by atoms with E-state index in [9.17, 15) is 0 Å². The second-order valence-corrected chi connectivity index (χ2v) is 3.59. The van der Waals surface area contributed by atoms with Gasteiger partial charge in [-0.1, -0.05) is 22.9 Å². The zero-order valence-corrected chi connectivity index (χ0v) is 7.18. The number of rotatable bonds is 3. The summed E-state index contributed by atoms with van der Waals surface area (Å²) in [5.74, 6) is 0. The van der Waals surface area contributed by atoms with Gasteiger partial charge in [-0.15, -0.1) is 0 Å². The fourth-order valence-electron chi connectivity index (χ4n) is 0.272. The molecule has 0 aliphatic heterocycles. The molecule has 0 fully saturated rings. The summed E-state index contributed by atoms with van der Waals surface area (Å²) in [7, 11) is 0. The van der Waals surface area contributed by atoms with Crippen LogP contribution in [-0.4, -0.2) is 16.8 Å². The van der Waals surface area contributed by atoms with Crippen molar-refractivity contribution in [3.63, 3.8) is 0 Å². The van der Waals surface area contributed by atoms with E-state index in [1.165, 1.54) is 6.42 Å². The summed E-state index contributed by atoms with van der Waals surface area (Å²) in [6.07, 6.45) is 3.43. The van der Waals surface area contributed by atoms with E-state index in [1.54, 1.807) is 0 Å². The minimum absolute atomic E-state index is 0.819. The Balaban J connectivity index is 2.83. The number of hydrogen-bond donors (Lipinski definition) is 0. The van der Waals surface area contributed by atoms with Crippen molar-refractivity contribution in [1.29, 1.82) is 0 Å². The maximum Gasteiger partial charge on any atom is 0.00417 e. The largest absolute Gasteiger partial charge is 0.162 e. The minimum Gasteiger partial charge on any atom is -0.162 e. The van der Waals surface area contributed by atoms with E-state index in [2.05, 4.69) is 29.1 Å². The zero-order valence-electron chi connectivity index (χ0n) is 4.78. The van der Waals surface area contributed by atoms with Crippen molar-refractivity contribution in [3.05, 3.63) is 0 Å². The first kappa shape index (κ1) is 7.83. The van der Waals surface area contributed by atoms with Crippen LogP contribution >= 0.6 is 27.7 Å². The Morgan fingerprint density at radius 1 is 1.71 bits per heavy atom.